The SMILES string of the molecule is O=C(COC(=O)c1ccc(Cl)cc1F)NCc1ccccc1F. The van der Waals surface area contributed by atoms with Crippen molar-refractivity contribution >= 4 is 23.5 Å². The third kappa shape index (κ3) is 4.75. The van der Waals surface area contributed by atoms with Gasteiger partial charge in [-0.1, -0.05) is 29.8 Å². The summed E-state index contributed by atoms with van der Waals surface area (Å²) < 4.78 is 31.6. The molecule has 0 aliphatic carbocycles. The number of esters is 1. The number of carbonyl (C=O) groups is 2. The zero-order valence-corrected chi connectivity index (χ0v) is 12.6. The maximum atomic E-state index is 13.5. The first kappa shape index (κ1) is 16.9. The van der Waals surface area contributed by atoms with Gasteiger partial charge in [0.25, 0.3) is 5.91 Å². The quantitative estimate of drug-likeness (QED) is 0.852. The average molecular weight is 340 g/mol. The minimum absolute atomic E-state index is 0.0433. The summed E-state index contributed by atoms with van der Waals surface area (Å²) in [5, 5.41) is 2.54. The third-order valence-corrected chi connectivity index (χ3v) is 3.15. The highest BCUT2D eigenvalue weighted by molar-refractivity contribution is 6.30. The molecule has 120 valence electrons. The van der Waals surface area contributed by atoms with Crippen molar-refractivity contribution in [1.82, 2.24) is 5.32 Å². The van der Waals surface area contributed by atoms with Crippen LogP contribution in [0.2, 0.25) is 5.02 Å². The van der Waals surface area contributed by atoms with Crippen LogP contribution in [-0.2, 0) is 16.1 Å². The Morgan fingerprint density at radius 3 is 2.52 bits per heavy atom. The molecule has 23 heavy (non-hydrogen) atoms. The number of benzene rings is 2. The van der Waals surface area contributed by atoms with Crippen LogP contribution in [0, 0.1) is 11.6 Å². The van der Waals surface area contributed by atoms with Crippen molar-refractivity contribution in [1.29, 1.82) is 0 Å². The molecule has 0 unspecified atom stereocenters. The molecule has 0 saturated heterocycles. The molecule has 0 saturated carbocycles. The number of amides is 1. The van der Waals surface area contributed by atoms with Crippen molar-refractivity contribution in [3.05, 3.63) is 70.2 Å². The molecule has 0 bridgehead atoms. The van der Waals surface area contributed by atoms with Crippen molar-refractivity contribution in [2.45, 2.75) is 6.54 Å². The van der Waals surface area contributed by atoms with E-state index in [1.165, 1.54) is 24.3 Å². The van der Waals surface area contributed by atoms with Gasteiger partial charge in [-0.05, 0) is 24.3 Å². The van der Waals surface area contributed by atoms with Crippen LogP contribution in [0.1, 0.15) is 15.9 Å². The molecule has 2 aromatic rings. The van der Waals surface area contributed by atoms with Gasteiger partial charge in [-0.3, -0.25) is 4.79 Å². The standard InChI is InChI=1S/C16H12ClF2NO3/c17-11-5-6-12(14(19)7-11)16(22)23-9-15(21)20-8-10-3-1-2-4-13(10)18/h1-7H,8-9H2,(H,20,21). The van der Waals surface area contributed by atoms with Crippen LogP contribution in [-0.4, -0.2) is 18.5 Å². The minimum Gasteiger partial charge on any atom is -0.452 e. The molecule has 1 N–H and O–H groups in total. The third-order valence-electron chi connectivity index (χ3n) is 2.92. The first-order chi connectivity index (χ1) is 11.0. The number of ether oxygens (including phenoxy) is 1. The zero-order valence-electron chi connectivity index (χ0n) is 11.8. The minimum atomic E-state index is -0.986. The van der Waals surface area contributed by atoms with Crippen molar-refractivity contribution in [3.8, 4) is 0 Å². The Hall–Kier alpha value is -2.47. The molecule has 0 atom stereocenters. The maximum absolute atomic E-state index is 13.5. The molecule has 0 aromatic heterocycles. The smallest absolute Gasteiger partial charge is 0.341 e. The molecule has 0 aliphatic heterocycles. The summed E-state index contributed by atoms with van der Waals surface area (Å²) in [5.74, 6) is -2.90. The van der Waals surface area contributed by atoms with E-state index in [4.69, 9.17) is 16.3 Å². The maximum Gasteiger partial charge on any atom is 0.341 e. The van der Waals surface area contributed by atoms with Gasteiger partial charge in [-0.25, -0.2) is 13.6 Å². The van der Waals surface area contributed by atoms with E-state index >= 15 is 0 Å². The van der Waals surface area contributed by atoms with Gasteiger partial charge >= 0.3 is 5.97 Å². The van der Waals surface area contributed by atoms with Gasteiger partial charge in [0.2, 0.25) is 0 Å². The molecule has 2 rings (SSSR count). The van der Waals surface area contributed by atoms with Gasteiger partial charge in [0, 0.05) is 17.1 Å². The lowest BCUT2D eigenvalue weighted by Gasteiger charge is -2.08. The van der Waals surface area contributed by atoms with Gasteiger partial charge in [-0.15, -0.1) is 0 Å². The molecule has 1 amide bonds. The van der Waals surface area contributed by atoms with E-state index < -0.39 is 30.1 Å². The Labute approximate surface area is 136 Å². The number of hydrogen-bond donors (Lipinski definition) is 1. The largest absolute Gasteiger partial charge is 0.452 e. The fourth-order valence-electron chi connectivity index (χ4n) is 1.75. The van der Waals surface area contributed by atoms with Crippen molar-refractivity contribution in [2.75, 3.05) is 6.61 Å². The molecular weight excluding hydrogens is 328 g/mol. The monoisotopic (exact) mass is 339 g/mol. The molecule has 0 aliphatic rings. The van der Waals surface area contributed by atoms with Crippen molar-refractivity contribution < 1.29 is 23.1 Å². The van der Waals surface area contributed by atoms with E-state index in [0.717, 1.165) is 12.1 Å². The lowest BCUT2D eigenvalue weighted by atomic mass is 10.2. The lowest BCUT2D eigenvalue weighted by molar-refractivity contribution is -0.124. The number of hydrogen-bond acceptors (Lipinski definition) is 3. The molecule has 0 fully saturated rings. The summed E-state index contributed by atoms with van der Waals surface area (Å²) in [7, 11) is 0. The Morgan fingerprint density at radius 2 is 1.83 bits per heavy atom. The van der Waals surface area contributed by atoms with E-state index in [0.29, 0.717) is 5.56 Å². The molecule has 0 radical (unpaired) electrons. The Bertz CT molecular complexity index is 737. The Morgan fingerprint density at radius 1 is 1.09 bits per heavy atom. The molecular formula is C16H12ClF2NO3. The number of halogens is 3. The first-order valence-corrected chi connectivity index (χ1v) is 6.97. The topological polar surface area (TPSA) is 55.4 Å². The first-order valence-electron chi connectivity index (χ1n) is 6.59. The van der Waals surface area contributed by atoms with E-state index in [9.17, 15) is 18.4 Å². The summed E-state index contributed by atoms with van der Waals surface area (Å²) in [6.07, 6.45) is 0. The van der Waals surface area contributed by atoms with Gasteiger partial charge in [0.15, 0.2) is 6.61 Å². The van der Waals surface area contributed by atoms with Crippen molar-refractivity contribution in [2.24, 2.45) is 0 Å². The van der Waals surface area contributed by atoms with Crippen molar-refractivity contribution in [3.63, 3.8) is 0 Å². The number of carbonyl (C=O) groups excluding carboxylic acids is 2. The normalized spacial score (nSPS) is 10.2. The fraction of sp³-hybridized carbons (Fsp3) is 0.125. The number of nitrogens with one attached hydrogen (secondary N) is 1. The lowest BCUT2D eigenvalue weighted by Crippen LogP contribution is -2.28. The molecule has 0 spiro atoms. The highest BCUT2D eigenvalue weighted by Gasteiger charge is 2.15. The summed E-state index contributed by atoms with van der Waals surface area (Å²) in [6, 6.07) is 9.42. The van der Waals surface area contributed by atoms with Gasteiger partial charge in [0.05, 0.1) is 5.56 Å². The van der Waals surface area contributed by atoms with E-state index in [1.807, 2.05) is 0 Å². The summed E-state index contributed by atoms with van der Waals surface area (Å²) in [5.41, 5.74) is -0.0211. The second-order valence-corrected chi connectivity index (χ2v) is 5.00. The van der Waals surface area contributed by atoms with Crippen LogP contribution >= 0.6 is 11.6 Å². The van der Waals surface area contributed by atoms with Crippen LogP contribution < -0.4 is 5.32 Å². The van der Waals surface area contributed by atoms with E-state index in [-0.39, 0.29) is 17.1 Å². The van der Waals surface area contributed by atoms with E-state index in [2.05, 4.69) is 5.32 Å². The van der Waals surface area contributed by atoms with Crippen LogP contribution in [0.25, 0.3) is 0 Å². The molecule has 4 nitrogen and oxygen atoms in total. The summed E-state index contributed by atoms with van der Waals surface area (Å²) in [6.45, 7) is -0.645. The van der Waals surface area contributed by atoms with Crippen LogP contribution in [0.15, 0.2) is 42.5 Å². The van der Waals surface area contributed by atoms with E-state index in [1.54, 1.807) is 6.07 Å². The Balaban J connectivity index is 1.84. The average Bonchev–Trinajstić information content (AvgIpc) is 2.52. The van der Waals surface area contributed by atoms with Gasteiger partial charge in [0.1, 0.15) is 11.6 Å². The second-order valence-electron chi connectivity index (χ2n) is 4.57. The molecule has 2 aromatic carbocycles. The second kappa shape index (κ2) is 7.69. The zero-order chi connectivity index (χ0) is 16.8. The Kier molecular flexibility index (Phi) is 5.65. The fourth-order valence-corrected chi connectivity index (χ4v) is 1.91. The highest BCUT2D eigenvalue weighted by atomic mass is 35.5. The van der Waals surface area contributed by atoms with Gasteiger partial charge in [-0.2, -0.15) is 0 Å². The summed E-state index contributed by atoms with van der Waals surface area (Å²) >= 11 is 5.57. The van der Waals surface area contributed by atoms with Gasteiger partial charge < -0.3 is 10.1 Å². The van der Waals surface area contributed by atoms with Crippen LogP contribution in [0.4, 0.5) is 8.78 Å². The summed E-state index contributed by atoms with van der Waals surface area (Å²) in [4.78, 5) is 23.2. The predicted octanol–water partition coefficient (Wildman–Crippen LogP) is 3.09. The van der Waals surface area contributed by atoms with Crippen LogP contribution in [0.5, 0.6) is 0 Å². The van der Waals surface area contributed by atoms with Crippen LogP contribution in [0.3, 0.4) is 0 Å². The molecule has 7 heteroatoms. The highest BCUT2D eigenvalue weighted by Crippen LogP contribution is 2.15. The number of rotatable bonds is 5. The predicted molar refractivity (Wildman–Crippen MR) is 79.9 cm³/mol. The molecule has 0 heterocycles.